The lowest BCUT2D eigenvalue weighted by Crippen LogP contribution is -2.19. The number of anilines is 2. The molecule has 0 radical (unpaired) electrons. The van der Waals surface area contributed by atoms with Crippen LogP contribution in [0.3, 0.4) is 0 Å². The molecule has 2 aromatic carbocycles. The summed E-state index contributed by atoms with van der Waals surface area (Å²) in [4.78, 5) is 26.5. The number of rotatable bonds is 6. The number of hydrogen-bond acceptors (Lipinski definition) is 6. The van der Waals surface area contributed by atoms with Crippen LogP contribution in [0.2, 0.25) is 0 Å². The van der Waals surface area contributed by atoms with Gasteiger partial charge in [-0.3, -0.25) is 15.1 Å². The van der Waals surface area contributed by atoms with Gasteiger partial charge in [0.05, 0.1) is 17.7 Å². The molecule has 28 heavy (non-hydrogen) atoms. The second-order valence-electron chi connectivity index (χ2n) is 5.53. The molecule has 0 aliphatic heterocycles. The molecule has 2 amide bonds. The predicted molar refractivity (Wildman–Crippen MR) is 103 cm³/mol. The second kappa shape index (κ2) is 8.49. The minimum Gasteiger partial charge on any atom is -0.495 e. The monoisotopic (exact) mass is 380 g/mol. The van der Waals surface area contributed by atoms with Gasteiger partial charge in [-0.05, 0) is 42.5 Å². The lowest BCUT2D eigenvalue weighted by atomic mass is 10.2. The highest BCUT2D eigenvalue weighted by atomic mass is 16.6. The number of aromatic nitrogens is 1. The van der Waals surface area contributed by atoms with Gasteiger partial charge in [0.1, 0.15) is 17.2 Å². The first-order valence-corrected chi connectivity index (χ1v) is 8.13. The van der Waals surface area contributed by atoms with Gasteiger partial charge >= 0.3 is 6.03 Å². The summed E-state index contributed by atoms with van der Waals surface area (Å²) >= 11 is 0. The number of nitro groups is 1. The SMILES string of the molecule is COc1ccc([N+](=O)[O-])cc1NC(=O)Nc1ccc(Oc2ccncc2)cc1. The van der Waals surface area contributed by atoms with E-state index in [4.69, 9.17) is 9.47 Å². The van der Waals surface area contributed by atoms with Gasteiger partial charge in [-0.2, -0.15) is 0 Å². The molecule has 0 bridgehead atoms. The van der Waals surface area contributed by atoms with Crippen LogP contribution in [0.15, 0.2) is 67.0 Å². The van der Waals surface area contributed by atoms with E-state index >= 15 is 0 Å². The minimum absolute atomic E-state index is 0.159. The molecule has 2 N–H and O–H groups in total. The first kappa shape index (κ1) is 18.6. The molecule has 1 aromatic heterocycles. The van der Waals surface area contributed by atoms with Gasteiger partial charge in [-0.15, -0.1) is 0 Å². The van der Waals surface area contributed by atoms with Gasteiger partial charge in [0.2, 0.25) is 0 Å². The van der Waals surface area contributed by atoms with Crippen molar-refractivity contribution in [2.75, 3.05) is 17.7 Å². The summed E-state index contributed by atoms with van der Waals surface area (Å²) in [6, 6.07) is 13.6. The third-order valence-corrected chi connectivity index (χ3v) is 3.64. The van der Waals surface area contributed by atoms with Crippen molar-refractivity contribution in [2.45, 2.75) is 0 Å². The van der Waals surface area contributed by atoms with Gasteiger partial charge in [-0.1, -0.05) is 0 Å². The van der Waals surface area contributed by atoms with Gasteiger partial charge in [-0.25, -0.2) is 4.79 Å². The lowest BCUT2D eigenvalue weighted by Gasteiger charge is -2.11. The van der Waals surface area contributed by atoms with E-state index in [1.807, 2.05) is 0 Å². The molecule has 3 rings (SSSR count). The van der Waals surface area contributed by atoms with E-state index in [-0.39, 0.29) is 11.4 Å². The van der Waals surface area contributed by atoms with Crippen molar-refractivity contribution in [1.82, 2.24) is 4.98 Å². The average molecular weight is 380 g/mol. The molecule has 0 spiro atoms. The van der Waals surface area contributed by atoms with Gasteiger partial charge < -0.3 is 20.1 Å². The quantitative estimate of drug-likeness (QED) is 0.483. The van der Waals surface area contributed by atoms with Crippen molar-refractivity contribution in [2.24, 2.45) is 0 Å². The van der Waals surface area contributed by atoms with E-state index in [9.17, 15) is 14.9 Å². The van der Waals surface area contributed by atoms with Crippen LogP contribution in [0.4, 0.5) is 21.9 Å². The van der Waals surface area contributed by atoms with Crippen LogP contribution in [0.25, 0.3) is 0 Å². The number of carbonyl (C=O) groups is 1. The number of hydrogen-bond donors (Lipinski definition) is 2. The molecule has 0 saturated heterocycles. The van der Waals surface area contributed by atoms with Crippen LogP contribution in [0.1, 0.15) is 0 Å². The smallest absolute Gasteiger partial charge is 0.323 e. The molecule has 3 aromatic rings. The molecule has 142 valence electrons. The summed E-state index contributed by atoms with van der Waals surface area (Å²) in [7, 11) is 1.41. The highest BCUT2D eigenvalue weighted by Gasteiger charge is 2.13. The van der Waals surface area contributed by atoms with Gasteiger partial charge in [0, 0.05) is 30.2 Å². The number of nitrogens with zero attached hydrogens (tertiary/aromatic N) is 2. The summed E-state index contributed by atoms with van der Waals surface area (Å²) in [6.07, 6.45) is 3.25. The highest BCUT2D eigenvalue weighted by Crippen LogP contribution is 2.29. The van der Waals surface area contributed by atoms with E-state index in [1.165, 1.54) is 25.3 Å². The molecule has 0 fully saturated rings. The average Bonchev–Trinajstić information content (AvgIpc) is 2.70. The van der Waals surface area contributed by atoms with Crippen LogP contribution >= 0.6 is 0 Å². The Morgan fingerprint density at radius 2 is 1.68 bits per heavy atom. The molecule has 0 atom stereocenters. The third-order valence-electron chi connectivity index (χ3n) is 3.64. The van der Waals surface area contributed by atoms with Crippen molar-refractivity contribution in [3.05, 3.63) is 77.1 Å². The first-order valence-electron chi connectivity index (χ1n) is 8.13. The Morgan fingerprint density at radius 1 is 1.00 bits per heavy atom. The zero-order valence-electron chi connectivity index (χ0n) is 14.8. The molecule has 9 heteroatoms. The molecule has 0 unspecified atom stereocenters. The number of nitro benzene ring substituents is 1. The highest BCUT2D eigenvalue weighted by molar-refractivity contribution is 6.00. The minimum atomic E-state index is -0.568. The van der Waals surface area contributed by atoms with Crippen molar-refractivity contribution >= 4 is 23.1 Å². The van der Waals surface area contributed by atoms with Crippen LogP contribution < -0.4 is 20.1 Å². The Hall–Kier alpha value is -4.14. The van der Waals surface area contributed by atoms with Gasteiger partial charge in [0.25, 0.3) is 5.69 Å². The molecular formula is C19H16N4O5. The van der Waals surface area contributed by atoms with E-state index in [2.05, 4.69) is 15.6 Å². The second-order valence-corrected chi connectivity index (χ2v) is 5.53. The summed E-state index contributed by atoms with van der Waals surface area (Å²) in [5.74, 6) is 1.55. The molecule has 0 aliphatic carbocycles. The summed E-state index contributed by atoms with van der Waals surface area (Å²) < 4.78 is 10.8. The fourth-order valence-electron chi connectivity index (χ4n) is 2.34. The maximum atomic E-state index is 12.2. The Labute approximate surface area is 160 Å². The number of urea groups is 1. The fourth-order valence-corrected chi connectivity index (χ4v) is 2.34. The van der Waals surface area contributed by atoms with E-state index in [1.54, 1.807) is 48.8 Å². The number of benzene rings is 2. The van der Waals surface area contributed by atoms with Crippen LogP contribution in [0.5, 0.6) is 17.2 Å². The number of non-ortho nitro benzene ring substituents is 1. The lowest BCUT2D eigenvalue weighted by molar-refractivity contribution is -0.384. The van der Waals surface area contributed by atoms with Crippen molar-refractivity contribution in [3.8, 4) is 17.2 Å². The van der Waals surface area contributed by atoms with Crippen LogP contribution in [-0.4, -0.2) is 23.0 Å². The summed E-state index contributed by atoms with van der Waals surface area (Å²) in [6.45, 7) is 0. The third kappa shape index (κ3) is 4.73. The predicted octanol–water partition coefficient (Wildman–Crippen LogP) is 4.43. The standard InChI is InChI=1S/C19H16N4O5/c1-27-18-7-4-14(23(25)26)12-17(18)22-19(24)21-13-2-5-15(6-3-13)28-16-8-10-20-11-9-16/h2-12H,1H3,(H2,21,22,24). The molecule has 1 heterocycles. The van der Waals surface area contributed by atoms with Crippen molar-refractivity contribution < 1.29 is 19.2 Å². The normalized spacial score (nSPS) is 10.0. The van der Waals surface area contributed by atoms with Gasteiger partial charge in [0.15, 0.2) is 0 Å². The summed E-state index contributed by atoms with van der Waals surface area (Å²) in [5.41, 5.74) is 0.546. The Balaban J connectivity index is 1.65. The zero-order valence-corrected chi connectivity index (χ0v) is 14.8. The Kier molecular flexibility index (Phi) is 5.66. The number of amides is 2. The molecule has 9 nitrogen and oxygen atoms in total. The number of methoxy groups -OCH3 is 1. The van der Waals surface area contributed by atoms with Crippen LogP contribution in [0, 0.1) is 10.1 Å². The Bertz CT molecular complexity index is 977. The summed E-state index contributed by atoms with van der Waals surface area (Å²) in [5, 5.41) is 16.1. The number of nitrogens with one attached hydrogen (secondary N) is 2. The van der Waals surface area contributed by atoms with Crippen molar-refractivity contribution in [3.63, 3.8) is 0 Å². The molecule has 0 aliphatic rings. The molecular weight excluding hydrogens is 364 g/mol. The topological polar surface area (TPSA) is 116 Å². The fraction of sp³-hybridized carbons (Fsp3) is 0.0526. The van der Waals surface area contributed by atoms with E-state index in [0.717, 1.165) is 0 Å². The number of pyridine rings is 1. The Morgan fingerprint density at radius 3 is 2.32 bits per heavy atom. The van der Waals surface area contributed by atoms with Crippen molar-refractivity contribution in [1.29, 1.82) is 0 Å². The largest absolute Gasteiger partial charge is 0.495 e. The molecule has 0 saturated carbocycles. The van der Waals surface area contributed by atoms with Crippen LogP contribution in [-0.2, 0) is 0 Å². The zero-order chi connectivity index (χ0) is 19.9. The number of ether oxygens (including phenoxy) is 2. The maximum absolute atomic E-state index is 12.2. The van der Waals surface area contributed by atoms with E-state index in [0.29, 0.717) is 22.9 Å². The number of carbonyl (C=O) groups excluding carboxylic acids is 1. The first-order chi connectivity index (χ1) is 13.5. The maximum Gasteiger partial charge on any atom is 0.323 e. The van der Waals surface area contributed by atoms with E-state index < -0.39 is 11.0 Å².